The lowest BCUT2D eigenvalue weighted by Crippen LogP contribution is -2.44. The number of nitrogens with zero attached hydrogens (tertiary/aromatic N) is 1. The fraction of sp³-hybridized carbons (Fsp3) is 0.550. The highest BCUT2D eigenvalue weighted by atomic mass is 16.5. The Balaban J connectivity index is 1.52. The maximum atomic E-state index is 12.6. The van der Waals surface area contributed by atoms with E-state index in [-0.39, 0.29) is 12.0 Å². The van der Waals surface area contributed by atoms with Gasteiger partial charge in [0.05, 0.1) is 6.61 Å². The zero-order valence-electron chi connectivity index (χ0n) is 14.4. The molecular weight excluding hydrogens is 302 g/mol. The fourth-order valence-electron chi connectivity index (χ4n) is 3.47. The first-order valence-electron chi connectivity index (χ1n) is 9.10. The number of hydrogen-bond acceptors (Lipinski definition) is 3. The zero-order valence-corrected chi connectivity index (χ0v) is 14.4. The van der Waals surface area contributed by atoms with Crippen molar-refractivity contribution in [1.82, 2.24) is 4.90 Å². The summed E-state index contributed by atoms with van der Waals surface area (Å²) >= 11 is 0. The molecule has 0 radical (unpaired) electrons. The van der Waals surface area contributed by atoms with E-state index in [1.54, 1.807) is 0 Å². The topological polar surface area (TPSA) is 38.8 Å². The second-order valence-corrected chi connectivity index (χ2v) is 6.50. The first-order valence-corrected chi connectivity index (χ1v) is 9.10. The van der Waals surface area contributed by atoms with Crippen LogP contribution < -0.4 is 9.47 Å². The molecule has 1 fully saturated rings. The summed E-state index contributed by atoms with van der Waals surface area (Å²) in [5.74, 6) is 2.12. The predicted molar refractivity (Wildman–Crippen MR) is 94.3 cm³/mol. The number of benzene rings is 1. The highest BCUT2D eigenvalue weighted by Gasteiger charge is 2.29. The maximum absolute atomic E-state index is 12.6. The molecule has 24 heavy (non-hydrogen) atoms. The Morgan fingerprint density at radius 2 is 1.88 bits per heavy atom. The van der Waals surface area contributed by atoms with E-state index in [1.165, 1.54) is 0 Å². The molecule has 4 heteroatoms. The van der Waals surface area contributed by atoms with Crippen molar-refractivity contribution in [3.63, 3.8) is 0 Å². The van der Waals surface area contributed by atoms with Crippen LogP contribution in [0.5, 0.6) is 11.5 Å². The van der Waals surface area contributed by atoms with Crippen LogP contribution in [0.2, 0.25) is 0 Å². The lowest BCUT2D eigenvalue weighted by Gasteiger charge is -2.34. The highest BCUT2D eigenvalue weighted by molar-refractivity contribution is 5.79. The normalized spacial score (nSPS) is 21.5. The van der Waals surface area contributed by atoms with Gasteiger partial charge >= 0.3 is 0 Å². The van der Waals surface area contributed by atoms with Crippen LogP contribution in [0.4, 0.5) is 0 Å². The van der Waals surface area contributed by atoms with Crippen molar-refractivity contribution < 1.29 is 14.3 Å². The van der Waals surface area contributed by atoms with Gasteiger partial charge in [-0.1, -0.05) is 24.3 Å². The Morgan fingerprint density at radius 3 is 2.54 bits per heavy atom. The molecule has 1 heterocycles. The van der Waals surface area contributed by atoms with Gasteiger partial charge in [-0.3, -0.25) is 4.79 Å². The predicted octanol–water partition coefficient (Wildman–Crippen LogP) is 3.81. The summed E-state index contributed by atoms with van der Waals surface area (Å²) in [6.45, 7) is 4.19. The molecule has 2 aliphatic rings. The van der Waals surface area contributed by atoms with E-state index in [1.807, 2.05) is 36.1 Å². The third-order valence-electron chi connectivity index (χ3n) is 4.81. The Kier molecular flexibility index (Phi) is 5.78. The number of carbonyl (C=O) groups is 1. The molecular formula is C20H27NO3. The van der Waals surface area contributed by atoms with Crippen molar-refractivity contribution in [2.24, 2.45) is 5.92 Å². The van der Waals surface area contributed by atoms with E-state index in [0.29, 0.717) is 12.5 Å². The summed E-state index contributed by atoms with van der Waals surface area (Å²) < 4.78 is 11.8. The molecule has 0 spiro atoms. The Morgan fingerprint density at radius 1 is 1.12 bits per heavy atom. The maximum Gasteiger partial charge on any atom is 0.226 e. The van der Waals surface area contributed by atoms with Crippen LogP contribution in [-0.2, 0) is 4.79 Å². The van der Waals surface area contributed by atoms with E-state index < -0.39 is 0 Å². The standard InChI is InChI=1S/C20H27NO3/c1-2-23-18-10-6-7-11-19(18)24-17-12-14-21(15-13-17)20(22)16-8-4-3-5-9-16/h3-4,6-7,10-11,16-17H,2,5,8-9,12-15H2,1H3. The average molecular weight is 329 g/mol. The molecule has 1 amide bonds. The van der Waals surface area contributed by atoms with Gasteiger partial charge in [0.25, 0.3) is 0 Å². The molecule has 0 aromatic heterocycles. The number of likely N-dealkylation sites (tertiary alicyclic amines) is 1. The van der Waals surface area contributed by atoms with Gasteiger partial charge in [-0.2, -0.15) is 0 Å². The summed E-state index contributed by atoms with van der Waals surface area (Å²) in [5.41, 5.74) is 0. The summed E-state index contributed by atoms with van der Waals surface area (Å²) in [6, 6.07) is 7.82. The number of hydrogen-bond donors (Lipinski definition) is 0. The molecule has 1 aromatic carbocycles. The van der Waals surface area contributed by atoms with Crippen molar-refractivity contribution in [2.75, 3.05) is 19.7 Å². The smallest absolute Gasteiger partial charge is 0.226 e. The zero-order chi connectivity index (χ0) is 16.8. The molecule has 3 rings (SSSR count). The Hall–Kier alpha value is -1.97. The highest BCUT2D eigenvalue weighted by Crippen LogP contribution is 2.30. The van der Waals surface area contributed by atoms with Gasteiger partial charge in [-0.05, 0) is 38.3 Å². The third kappa shape index (κ3) is 4.11. The van der Waals surface area contributed by atoms with E-state index >= 15 is 0 Å². The summed E-state index contributed by atoms with van der Waals surface area (Å²) in [6.07, 6.45) is 9.17. The summed E-state index contributed by atoms with van der Waals surface area (Å²) in [4.78, 5) is 14.6. The lowest BCUT2D eigenvalue weighted by atomic mass is 9.92. The SMILES string of the molecule is CCOc1ccccc1OC1CCN(C(=O)C2CC=CCC2)CC1. The molecule has 0 saturated carbocycles. The number of rotatable bonds is 5. The van der Waals surface area contributed by atoms with E-state index in [9.17, 15) is 4.79 Å². The second-order valence-electron chi connectivity index (χ2n) is 6.50. The van der Waals surface area contributed by atoms with Gasteiger partial charge < -0.3 is 14.4 Å². The van der Waals surface area contributed by atoms with Gasteiger partial charge in [0, 0.05) is 31.8 Å². The lowest BCUT2D eigenvalue weighted by molar-refractivity contribution is -0.137. The van der Waals surface area contributed by atoms with Crippen LogP contribution in [0, 0.1) is 5.92 Å². The molecule has 4 nitrogen and oxygen atoms in total. The molecule has 1 atom stereocenters. The number of ether oxygens (including phenoxy) is 2. The van der Waals surface area contributed by atoms with Crippen LogP contribution >= 0.6 is 0 Å². The van der Waals surface area contributed by atoms with Crippen molar-refractivity contribution in [1.29, 1.82) is 0 Å². The minimum absolute atomic E-state index is 0.155. The van der Waals surface area contributed by atoms with Crippen molar-refractivity contribution in [3.05, 3.63) is 36.4 Å². The van der Waals surface area contributed by atoms with E-state index in [4.69, 9.17) is 9.47 Å². The largest absolute Gasteiger partial charge is 0.490 e. The van der Waals surface area contributed by atoms with E-state index in [0.717, 1.165) is 56.7 Å². The minimum Gasteiger partial charge on any atom is -0.490 e. The summed E-state index contributed by atoms with van der Waals surface area (Å²) in [7, 11) is 0. The third-order valence-corrected chi connectivity index (χ3v) is 4.81. The molecule has 1 aromatic rings. The number of para-hydroxylation sites is 2. The molecule has 0 bridgehead atoms. The van der Waals surface area contributed by atoms with Crippen LogP contribution in [0.25, 0.3) is 0 Å². The van der Waals surface area contributed by atoms with Crippen molar-refractivity contribution in [2.45, 2.75) is 45.1 Å². The monoisotopic (exact) mass is 329 g/mol. The number of allylic oxidation sites excluding steroid dienone is 2. The molecule has 130 valence electrons. The molecule has 1 aliphatic heterocycles. The van der Waals surface area contributed by atoms with Gasteiger partial charge in [0.1, 0.15) is 6.10 Å². The number of carbonyl (C=O) groups excluding carboxylic acids is 1. The molecule has 1 aliphatic carbocycles. The first kappa shape index (κ1) is 16.9. The van der Waals surface area contributed by atoms with Crippen molar-refractivity contribution >= 4 is 5.91 Å². The molecule has 1 saturated heterocycles. The molecule has 0 N–H and O–H groups in total. The van der Waals surface area contributed by atoms with Gasteiger partial charge in [0.15, 0.2) is 11.5 Å². The van der Waals surface area contributed by atoms with Crippen LogP contribution in [0.1, 0.15) is 39.0 Å². The van der Waals surface area contributed by atoms with Crippen LogP contribution in [0.3, 0.4) is 0 Å². The van der Waals surface area contributed by atoms with Crippen LogP contribution in [-0.4, -0.2) is 36.6 Å². The number of piperidine rings is 1. The Labute approximate surface area is 144 Å². The average Bonchev–Trinajstić information content (AvgIpc) is 2.64. The molecule has 1 unspecified atom stereocenters. The van der Waals surface area contributed by atoms with Gasteiger partial charge in [0.2, 0.25) is 5.91 Å². The summed E-state index contributed by atoms with van der Waals surface area (Å²) in [5, 5.41) is 0. The van der Waals surface area contributed by atoms with Gasteiger partial charge in [-0.15, -0.1) is 0 Å². The number of amides is 1. The quantitative estimate of drug-likeness (QED) is 0.771. The minimum atomic E-state index is 0.155. The van der Waals surface area contributed by atoms with Crippen molar-refractivity contribution in [3.8, 4) is 11.5 Å². The Bertz CT molecular complexity index is 576. The fourth-order valence-corrected chi connectivity index (χ4v) is 3.47. The van der Waals surface area contributed by atoms with Gasteiger partial charge in [-0.25, -0.2) is 0 Å². The van der Waals surface area contributed by atoms with Crippen LogP contribution in [0.15, 0.2) is 36.4 Å². The second kappa shape index (κ2) is 8.22. The first-order chi connectivity index (χ1) is 11.8. The van der Waals surface area contributed by atoms with E-state index in [2.05, 4.69) is 12.2 Å².